The lowest BCUT2D eigenvalue weighted by Gasteiger charge is -2.09. The molecule has 5 nitrogen and oxygen atoms in total. The zero-order chi connectivity index (χ0) is 9.56. The van der Waals surface area contributed by atoms with Gasteiger partial charge in [0.15, 0.2) is 0 Å². The quantitative estimate of drug-likeness (QED) is 0.506. The summed E-state index contributed by atoms with van der Waals surface area (Å²) in [6.45, 7) is 1.21. The van der Waals surface area contributed by atoms with Crippen molar-refractivity contribution in [3.05, 3.63) is 0 Å². The Bertz CT molecular complexity index is 168. The summed E-state index contributed by atoms with van der Waals surface area (Å²) in [5, 5.41) is 4.71. The molecule has 0 heterocycles. The minimum atomic E-state index is -0.603. The van der Waals surface area contributed by atoms with Crippen LogP contribution in [-0.2, 0) is 9.59 Å². The van der Waals surface area contributed by atoms with Gasteiger partial charge in [-0.25, -0.2) is 0 Å². The van der Waals surface area contributed by atoms with E-state index in [2.05, 4.69) is 10.6 Å². The molecule has 0 radical (unpaired) electrons. The molecule has 0 aliphatic rings. The molecule has 0 saturated carbocycles. The predicted octanol–water partition coefficient (Wildman–Crippen LogP) is -1.59. The third-order valence-electron chi connectivity index (χ3n) is 1.28. The molecule has 0 aromatic rings. The predicted molar refractivity (Wildman–Crippen MR) is 45.6 cm³/mol. The number of nitrogens with zero attached hydrogens (tertiary/aromatic N) is 1. The van der Waals surface area contributed by atoms with Crippen LogP contribution in [0.5, 0.6) is 0 Å². The number of carbonyl (C=O) groups is 2. The van der Waals surface area contributed by atoms with Gasteiger partial charge in [0.25, 0.3) is 0 Å². The van der Waals surface area contributed by atoms with Crippen molar-refractivity contribution in [1.82, 2.24) is 15.5 Å². The average Bonchev–Trinajstić information content (AvgIpc) is 2.02. The first-order valence-corrected chi connectivity index (χ1v) is 3.72. The molecule has 0 spiro atoms. The molecular formula is C7H15N3O2. The molecule has 12 heavy (non-hydrogen) atoms. The molecule has 2 N–H and O–H groups in total. The summed E-state index contributed by atoms with van der Waals surface area (Å²) in [4.78, 5) is 23.4. The molecule has 0 fully saturated rings. The van der Waals surface area contributed by atoms with E-state index in [1.807, 2.05) is 19.0 Å². The minimum absolute atomic E-state index is 0.485. The number of rotatable bonds is 3. The highest BCUT2D eigenvalue weighted by Crippen LogP contribution is 1.71. The fourth-order valence-electron chi connectivity index (χ4n) is 0.587. The van der Waals surface area contributed by atoms with Gasteiger partial charge >= 0.3 is 11.8 Å². The van der Waals surface area contributed by atoms with Crippen LogP contribution in [0.3, 0.4) is 0 Å². The first-order chi connectivity index (χ1) is 5.57. The zero-order valence-electron chi connectivity index (χ0n) is 7.68. The van der Waals surface area contributed by atoms with Crippen molar-refractivity contribution in [3.63, 3.8) is 0 Å². The van der Waals surface area contributed by atoms with Gasteiger partial charge in [0.1, 0.15) is 0 Å². The van der Waals surface area contributed by atoms with Crippen LogP contribution in [0.25, 0.3) is 0 Å². The monoisotopic (exact) mass is 173 g/mol. The highest BCUT2D eigenvalue weighted by molar-refractivity contribution is 6.34. The summed E-state index contributed by atoms with van der Waals surface area (Å²) in [6.07, 6.45) is 0. The van der Waals surface area contributed by atoms with Crippen LogP contribution in [0.15, 0.2) is 0 Å². The summed E-state index contributed by atoms with van der Waals surface area (Å²) in [6, 6.07) is 0. The van der Waals surface area contributed by atoms with Crippen molar-refractivity contribution >= 4 is 11.8 Å². The van der Waals surface area contributed by atoms with Crippen LogP contribution in [0, 0.1) is 0 Å². The van der Waals surface area contributed by atoms with E-state index in [1.54, 1.807) is 0 Å². The van der Waals surface area contributed by atoms with Gasteiger partial charge < -0.3 is 15.5 Å². The fourth-order valence-corrected chi connectivity index (χ4v) is 0.587. The maximum absolute atomic E-state index is 10.8. The van der Waals surface area contributed by atoms with E-state index in [9.17, 15) is 9.59 Å². The highest BCUT2D eigenvalue weighted by atomic mass is 16.2. The molecule has 0 atom stereocenters. The van der Waals surface area contributed by atoms with Crippen molar-refractivity contribution in [2.24, 2.45) is 0 Å². The van der Waals surface area contributed by atoms with Crippen LogP contribution in [-0.4, -0.2) is 50.9 Å². The van der Waals surface area contributed by atoms with Gasteiger partial charge in [-0.05, 0) is 14.1 Å². The molecule has 0 saturated heterocycles. The molecule has 2 amide bonds. The Labute approximate surface area is 72.1 Å². The molecule has 5 heteroatoms. The molecule has 0 unspecified atom stereocenters. The molecule has 0 aliphatic carbocycles. The fraction of sp³-hybridized carbons (Fsp3) is 0.714. The second-order valence-corrected chi connectivity index (χ2v) is 2.64. The lowest BCUT2D eigenvalue weighted by atomic mass is 10.5. The normalized spacial score (nSPS) is 9.67. The zero-order valence-corrected chi connectivity index (χ0v) is 7.68. The molecule has 0 aliphatic heterocycles. The second kappa shape index (κ2) is 5.54. The van der Waals surface area contributed by atoms with E-state index in [1.165, 1.54) is 7.05 Å². The van der Waals surface area contributed by atoms with Gasteiger partial charge in [-0.15, -0.1) is 0 Å². The van der Waals surface area contributed by atoms with Gasteiger partial charge in [-0.2, -0.15) is 0 Å². The third kappa shape index (κ3) is 4.68. The summed E-state index contributed by atoms with van der Waals surface area (Å²) in [7, 11) is 5.21. The molecule has 0 bridgehead atoms. The summed E-state index contributed by atoms with van der Waals surface area (Å²) >= 11 is 0. The Balaban J connectivity index is 3.51. The van der Waals surface area contributed by atoms with E-state index >= 15 is 0 Å². The SMILES string of the molecule is CNC(=O)C(=O)NCCN(C)C. The lowest BCUT2D eigenvalue weighted by molar-refractivity contribution is -0.138. The van der Waals surface area contributed by atoms with Gasteiger partial charge in [0.05, 0.1) is 0 Å². The number of hydrogen-bond donors (Lipinski definition) is 2. The number of amides is 2. The molecule has 0 aromatic carbocycles. The Morgan fingerprint density at radius 3 is 2.25 bits per heavy atom. The van der Waals surface area contributed by atoms with E-state index in [-0.39, 0.29) is 0 Å². The third-order valence-corrected chi connectivity index (χ3v) is 1.28. The first-order valence-electron chi connectivity index (χ1n) is 3.72. The van der Waals surface area contributed by atoms with Crippen molar-refractivity contribution in [2.75, 3.05) is 34.2 Å². The Morgan fingerprint density at radius 2 is 1.83 bits per heavy atom. The highest BCUT2D eigenvalue weighted by Gasteiger charge is 2.08. The van der Waals surface area contributed by atoms with Gasteiger partial charge in [0, 0.05) is 20.1 Å². The maximum atomic E-state index is 10.8. The van der Waals surface area contributed by atoms with Gasteiger partial charge in [-0.1, -0.05) is 0 Å². The van der Waals surface area contributed by atoms with E-state index < -0.39 is 11.8 Å². The van der Waals surface area contributed by atoms with Crippen LogP contribution < -0.4 is 10.6 Å². The van der Waals surface area contributed by atoms with Crippen molar-refractivity contribution in [3.8, 4) is 0 Å². The number of carbonyl (C=O) groups excluding carboxylic acids is 2. The largest absolute Gasteiger partial charge is 0.351 e. The van der Waals surface area contributed by atoms with Gasteiger partial charge in [0.2, 0.25) is 0 Å². The molecular weight excluding hydrogens is 158 g/mol. The first kappa shape index (κ1) is 10.9. The van der Waals surface area contributed by atoms with E-state index in [4.69, 9.17) is 0 Å². The van der Waals surface area contributed by atoms with Crippen LogP contribution in [0.4, 0.5) is 0 Å². The Morgan fingerprint density at radius 1 is 1.25 bits per heavy atom. The van der Waals surface area contributed by atoms with E-state index in [0.717, 1.165) is 6.54 Å². The lowest BCUT2D eigenvalue weighted by Crippen LogP contribution is -2.40. The molecule has 70 valence electrons. The summed E-state index contributed by atoms with van der Waals surface area (Å²) in [5.41, 5.74) is 0. The van der Waals surface area contributed by atoms with Crippen LogP contribution >= 0.6 is 0 Å². The number of nitrogens with one attached hydrogen (secondary N) is 2. The standard InChI is InChI=1S/C7H15N3O2/c1-8-6(11)7(12)9-4-5-10(2)3/h4-5H2,1-3H3,(H,8,11)(H,9,12). The van der Waals surface area contributed by atoms with Gasteiger partial charge in [-0.3, -0.25) is 9.59 Å². The van der Waals surface area contributed by atoms with E-state index in [0.29, 0.717) is 6.54 Å². The average molecular weight is 173 g/mol. The number of likely N-dealkylation sites (N-methyl/N-ethyl adjacent to an activating group) is 2. The summed E-state index contributed by atoms with van der Waals surface area (Å²) in [5.74, 6) is -1.19. The van der Waals surface area contributed by atoms with Crippen molar-refractivity contribution in [2.45, 2.75) is 0 Å². The van der Waals surface area contributed by atoms with Crippen LogP contribution in [0.2, 0.25) is 0 Å². The maximum Gasteiger partial charge on any atom is 0.309 e. The molecule has 0 aromatic heterocycles. The summed E-state index contributed by atoms with van der Waals surface area (Å²) < 4.78 is 0. The van der Waals surface area contributed by atoms with Crippen molar-refractivity contribution < 1.29 is 9.59 Å². The Kier molecular flexibility index (Phi) is 5.03. The van der Waals surface area contributed by atoms with Crippen LogP contribution in [0.1, 0.15) is 0 Å². The molecule has 0 rings (SSSR count). The second-order valence-electron chi connectivity index (χ2n) is 2.64. The number of hydrogen-bond acceptors (Lipinski definition) is 3. The topological polar surface area (TPSA) is 61.4 Å². The Hall–Kier alpha value is -1.10. The van der Waals surface area contributed by atoms with Crippen molar-refractivity contribution in [1.29, 1.82) is 0 Å². The minimum Gasteiger partial charge on any atom is -0.351 e. The smallest absolute Gasteiger partial charge is 0.309 e.